The second-order valence-electron chi connectivity index (χ2n) is 6.83. The summed E-state index contributed by atoms with van der Waals surface area (Å²) in [5, 5.41) is 0.509. The van der Waals surface area contributed by atoms with Crippen LogP contribution >= 0.6 is 0 Å². The summed E-state index contributed by atoms with van der Waals surface area (Å²) in [7, 11) is 0. The van der Waals surface area contributed by atoms with E-state index in [9.17, 15) is 13.2 Å². The van der Waals surface area contributed by atoms with Gasteiger partial charge in [-0.25, -0.2) is 0 Å². The predicted octanol–water partition coefficient (Wildman–Crippen LogP) is 6.82. The number of alkyl halides is 3. The highest BCUT2D eigenvalue weighted by molar-refractivity contribution is 5.96. The van der Waals surface area contributed by atoms with Crippen molar-refractivity contribution >= 4 is 10.9 Å². The Bertz CT molecular complexity index is 1130. The molecule has 4 heteroatoms. The molecule has 1 nitrogen and oxygen atoms in total. The Kier molecular flexibility index (Phi) is 4.63. The standard InChI is InChI=1S/C24H18F3N/c1-16-8-5-6-11-18(16)14-19-15-21(17-9-3-2-4-10-17)20-12-7-13-22(23(20)28-19)24(25,26)27/h2-13,15H,14H2,1H3. The van der Waals surface area contributed by atoms with Gasteiger partial charge in [-0.1, -0.05) is 66.7 Å². The van der Waals surface area contributed by atoms with Gasteiger partial charge < -0.3 is 0 Å². The van der Waals surface area contributed by atoms with Crippen molar-refractivity contribution in [2.75, 3.05) is 0 Å². The molecule has 0 saturated heterocycles. The van der Waals surface area contributed by atoms with E-state index in [0.717, 1.165) is 28.3 Å². The monoisotopic (exact) mass is 377 g/mol. The van der Waals surface area contributed by atoms with Crippen molar-refractivity contribution in [1.29, 1.82) is 0 Å². The molecule has 0 saturated carbocycles. The third-order valence-corrected chi connectivity index (χ3v) is 4.92. The van der Waals surface area contributed by atoms with Crippen molar-refractivity contribution in [1.82, 2.24) is 4.98 Å². The predicted molar refractivity (Wildman–Crippen MR) is 106 cm³/mol. The number of benzene rings is 3. The van der Waals surface area contributed by atoms with E-state index in [0.29, 0.717) is 17.5 Å². The Morgan fingerprint density at radius 3 is 2.25 bits per heavy atom. The van der Waals surface area contributed by atoms with Crippen molar-refractivity contribution in [3.05, 3.63) is 101 Å². The first-order chi connectivity index (χ1) is 13.4. The number of aryl methyl sites for hydroxylation is 1. The second kappa shape index (κ2) is 7.12. The van der Waals surface area contributed by atoms with Crippen molar-refractivity contribution in [2.24, 2.45) is 0 Å². The summed E-state index contributed by atoms with van der Waals surface area (Å²) in [4.78, 5) is 4.44. The van der Waals surface area contributed by atoms with Crippen LogP contribution in [0.1, 0.15) is 22.4 Å². The Labute approximate surface area is 161 Å². The first-order valence-corrected chi connectivity index (χ1v) is 9.03. The quantitative estimate of drug-likeness (QED) is 0.382. The molecule has 140 valence electrons. The Hall–Kier alpha value is -3.14. The normalized spacial score (nSPS) is 11.7. The van der Waals surface area contributed by atoms with Gasteiger partial charge in [0.15, 0.2) is 0 Å². The average molecular weight is 377 g/mol. The average Bonchev–Trinajstić information content (AvgIpc) is 2.68. The van der Waals surface area contributed by atoms with E-state index < -0.39 is 11.7 Å². The van der Waals surface area contributed by atoms with Crippen LogP contribution in [0.3, 0.4) is 0 Å². The van der Waals surface area contributed by atoms with E-state index in [1.165, 1.54) is 6.07 Å². The maximum Gasteiger partial charge on any atom is 0.418 e. The smallest absolute Gasteiger partial charge is 0.252 e. The molecule has 0 aliphatic heterocycles. The van der Waals surface area contributed by atoms with Crippen molar-refractivity contribution in [3.8, 4) is 11.1 Å². The fourth-order valence-corrected chi connectivity index (χ4v) is 3.48. The first-order valence-electron chi connectivity index (χ1n) is 9.03. The van der Waals surface area contributed by atoms with Gasteiger partial charge in [0.25, 0.3) is 0 Å². The molecular formula is C24H18F3N. The highest BCUT2D eigenvalue weighted by Crippen LogP contribution is 2.37. The van der Waals surface area contributed by atoms with Gasteiger partial charge in [-0.2, -0.15) is 13.2 Å². The van der Waals surface area contributed by atoms with E-state index in [4.69, 9.17) is 0 Å². The van der Waals surface area contributed by atoms with Crippen LogP contribution in [0.25, 0.3) is 22.0 Å². The van der Waals surface area contributed by atoms with Gasteiger partial charge in [0.05, 0.1) is 11.1 Å². The number of nitrogens with zero attached hydrogens (tertiary/aromatic N) is 1. The SMILES string of the molecule is Cc1ccccc1Cc1cc(-c2ccccc2)c2cccc(C(F)(F)F)c2n1. The molecule has 3 aromatic carbocycles. The summed E-state index contributed by atoms with van der Waals surface area (Å²) in [5.74, 6) is 0. The fraction of sp³-hybridized carbons (Fsp3) is 0.125. The molecule has 28 heavy (non-hydrogen) atoms. The molecule has 0 N–H and O–H groups in total. The number of pyridine rings is 1. The molecule has 0 unspecified atom stereocenters. The molecule has 0 fully saturated rings. The largest absolute Gasteiger partial charge is 0.418 e. The molecule has 0 radical (unpaired) electrons. The number of halogens is 3. The maximum atomic E-state index is 13.6. The first kappa shape index (κ1) is 18.2. The van der Waals surface area contributed by atoms with Gasteiger partial charge in [0.2, 0.25) is 0 Å². The van der Waals surface area contributed by atoms with E-state index >= 15 is 0 Å². The lowest BCUT2D eigenvalue weighted by atomic mass is 9.96. The maximum absolute atomic E-state index is 13.6. The zero-order chi connectivity index (χ0) is 19.7. The molecule has 4 rings (SSSR count). The lowest BCUT2D eigenvalue weighted by molar-refractivity contribution is -0.136. The zero-order valence-corrected chi connectivity index (χ0v) is 15.3. The summed E-state index contributed by atoms with van der Waals surface area (Å²) in [5.41, 5.74) is 3.71. The minimum atomic E-state index is -4.46. The van der Waals surface area contributed by atoms with E-state index in [-0.39, 0.29) is 5.52 Å². The molecule has 0 spiro atoms. The number of hydrogen-bond acceptors (Lipinski definition) is 1. The van der Waals surface area contributed by atoms with Crippen molar-refractivity contribution in [2.45, 2.75) is 19.5 Å². The number of rotatable bonds is 3. The van der Waals surface area contributed by atoms with E-state index in [1.807, 2.05) is 67.6 Å². The van der Waals surface area contributed by atoms with Crippen LogP contribution in [-0.2, 0) is 12.6 Å². The minimum Gasteiger partial charge on any atom is -0.252 e. The lowest BCUT2D eigenvalue weighted by Crippen LogP contribution is -2.08. The molecule has 0 aliphatic carbocycles. The number of para-hydroxylation sites is 1. The molecular weight excluding hydrogens is 359 g/mol. The van der Waals surface area contributed by atoms with Crippen molar-refractivity contribution < 1.29 is 13.2 Å². The molecule has 0 atom stereocenters. The minimum absolute atomic E-state index is 0.0000581. The van der Waals surface area contributed by atoms with Crippen LogP contribution in [0.2, 0.25) is 0 Å². The third kappa shape index (κ3) is 3.50. The lowest BCUT2D eigenvalue weighted by Gasteiger charge is -2.15. The van der Waals surface area contributed by atoms with Crippen LogP contribution < -0.4 is 0 Å². The zero-order valence-electron chi connectivity index (χ0n) is 15.3. The molecule has 4 aromatic rings. The van der Waals surface area contributed by atoms with E-state index in [1.54, 1.807) is 6.07 Å². The molecule has 1 aromatic heterocycles. The Morgan fingerprint density at radius 2 is 1.54 bits per heavy atom. The number of fused-ring (bicyclic) bond motifs is 1. The third-order valence-electron chi connectivity index (χ3n) is 4.92. The summed E-state index contributed by atoms with van der Waals surface area (Å²) in [6.45, 7) is 2.00. The summed E-state index contributed by atoms with van der Waals surface area (Å²) in [6.07, 6.45) is -3.98. The van der Waals surface area contributed by atoms with Gasteiger partial charge in [-0.3, -0.25) is 4.98 Å². The van der Waals surface area contributed by atoms with Crippen LogP contribution in [0.5, 0.6) is 0 Å². The fourth-order valence-electron chi connectivity index (χ4n) is 3.48. The summed E-state index contributed by atoms with van der Waals surface area (Å²) < 4.78 is 40.9. The van der Waals surface area contributed by atoms with E-state index in [2.05, 4.69) is 4.98 Å². The van der Waals surface area contributed by atoms with Gasteiger partial charge in [-0.05, 0) is 41.3 Å². The van der Waals surface area contributed by atoms with Crippen molar-refractivity contribution in [3.63, 3.8) is 0 Å². The number of aromatic nitrogens is 1. The molecule has 1 heterocycles. The highest BCUT2D eigenvalue weighted by atomic mass is 19.4. The summed E-state index contributed by atoms with van der Waals surface area (Å²) >= 11 is 0. The van der Waals surface area contributed by atoms with Gasteiger partial charge in [0, 0.05) is 17.5 Å². The van der Waals surface area contributed by atoms with Crippen LogP contribution in [0.15, 0.2) is 78.9 Å². The number of hydrogen-bond donors (Lipinski definition) is 0. The van der Waals surface area contributed by atoms with Crippen LogP contribution in [0.4, 0.5) is 13.2 Å². The Balaban J connectivity index is 1.97. The van der Waals surface area contributed by atoms with Gasteiger partial charge in [0.1, 0.15) is 0 Å². The molecule has 0 bridgehead atoms. The topological polar surface area (TPSA) is 12.9 Å². The van der Waals surface area contributed by atoms with Gasteiger partial charge >= 0.3 is 6.18 Å². The molecule has 0 aliphatic rings. The summed E-state index contributed by atoms with van der Waals surface area (Å²) in [6, 6.07) is 23.5. The van der Waals surface area contributed by atoms with Crippen LogP contribution in [0, 0.1) is 6.92 Å². The highest BCUT2D eigenvalue weighted by Gasteiger charge is 2.33. The van der Waals surface area contributed by atoms with Gasteiger partial charge in [-0.15, -0.1) is 0 Å². The second-order valence-corrected chi connectivity index (χ2v) is 6.83. The van der Waals surface area contributed by atoms with Crippen LogP contribution in [-0.4, -0.2) is 4.98 Å². The molecule has 0 amide bonds. The Morgan fingerprint density at radius 1 is 0.821 bits per heavy atom.